The van der Waals surface area contributed by atoms with Crippen LogP contribution in [0.1, 0.15) is 43.0 Å². The Hall–Kier alpha value is -2.28. The van der Waals surface area contributed by atoms with Gasteiger partial charge in [-0.3, -0.25) is 24.0 Å². The van der Waals surface area contributed by atoms with Crippen molar-refractivity contribution in [3.8, 4) is 0 Å². The van der Waals surface area contributed by atoms with Crippen LogP contribution in [0.3, 0.4) is 0 Å². The number of hydrogen-bond acceptors (Lipinski definition) is 5. The van der Waals surface area contributed by atoms with Crippen molar-refractivity contribution >= 4 is 0 Å². The molecular weight excluding hydrogens is 330 g/mol. The van der Waals surface area contributed by atoms with E-state index in [1.54, 1.807) is 34.8 Å². The van der Waals surface area contributed by atoms with Crippen molar-refractivity contribution in [3.05, 3.63) is 56.9 Å². The first-order valence-electron chi connectivity index (χ1n) is 9.39. The van der Waals surface area contributed by atoms with Crippen LogP contribution < -0.4 is 11.1 Å². The second kappa shape index (κ2) is 7.15. The molecule has 0 bridgehead atoms. The third-order valence-corrected chi connectivity index (χ3v) is 5.61. The van der Waals surface area contributed by atoms with Crippen LogP contribution in [-0.2, 0) is 20.1 Å². The van der Waals surface area contributed by atoms with Gasteiger partial charge >= 0.3 is 0 Å². The molecule has 0 atom stereocenters. The Labute approximate surface area is 152 Å². The maximum absolute atomic E-state index is 12.3. The molecule has 0 N–H and O–H groups in total. The lowest BCUT2D eigenvalue weighted by Gasteiger charge is -2.32. The highest BCUT2D eigenvalue weighted by molar-refractivity contribution is 5.12. The SMILES string of the molecule is Cn1c(CN2CCC(Cn3cnc(C4CC4)cc3=O)CC2)cncc1=O. The highest BCUT2D eigenvalue weighted by Crippen LogP contribution is 2.38. The van der Waals surface area contributed by atoms with Gasteiger partial charge in [0.1, 0.15) is 0 Å². The summed E-state index contributed by atoms with van der Waals surface area (Å²) in [6, 6.07) is 1.72. The second-order valence-electron chi connectivity index (χ2n) is 7.59. The van der Waals surface area contributed by atoms with E-state index in [0.29, 0.717) is 11.8 Å². The molecule has 0 spiro atoms. The fourth-order valence-corrected chi connectivity index (χ4v) is 3.66. The quantitative estimate of drug-likeness (QED) is 0.804. The van der Waals surface area contributed by atoms with Crippen molar-refractivity contribution in [2.45, 2.75) is 44.7 Å². The third-order valence-electron chi connectivity index (χ3n) is 5.61. The summed E-state index contributed by atoms with van der Waals surface area (Å²) >= 11 is 0. The molecule has 3 heterocycles. The predicted molar refractivity (Wildman–Crippen MR) is 98.0 cm³/mol. The van der Waals surface area contributed by atoms with Gasteiger partial charge in [0.05, 0.1) is 23.9 Å². The van der Waals surface area contributed by atoms with Crippen molar-refractivity contribution in [2.75, 3.05) is 13.1 Å². The van der Waals surface area contributed by atoms with Crippen molar-refractivity contribution in [1.82, 2.24) is 24.0 Å². The van der Waals surface area contributed by atoms with Crippen LogP contribution in [0.25, 0.3) is 0 Å². The molecular formula is C19H25N5O2. The van der Waals surface area contributed by atoms with Crippen LogP contribution >= 0.6 is 0 Å². The molecule has 4 rings (SSSR count). The number of hydrogen-bond donors (Lipinski definition) is 0. The van der Waals surface area contributed by atoms with Gasteiger partial charge in [-0.1, -0.05) is 0 Å². The van der Waals surface area contributed by atoms with E-state index in [4.69, 9.17) is 0 Å². The number of likely N-dealkylation sites (tertiary alicyclic amines) is 1. The van der Waals surface area contributed by atoms with E-state index in [9.17, 15) is 9.59 Å². The average molecular weight is 355 g/mol. The zero-order chi connectivity index (χ0) is 18.1. The average Bonchev–Trinajstić information content (AvgIpc) is 3.47. The zero-order valence-corrected chi connectivity index (χ0v) is 15.2. The smallest absolute Gasteiger partial charge is 0.268 e. The molecule has 2 aromatic heterocycles. The summed E-state index contributed by atoms with van der Waals surface area (Å²) in [5, 5.41) is 0. The molecule has 0 radical (unpaired) electrons. The Morgan fingerprint density at radius 3 is 2.54 bits per heavy atom. The molecule has 0 amide bonds. The summed E-state index contributed by atoms with van der Waals surface area (Å²) < 4.78 is 3.42. The van der Waals surface area contributed by atoms with Crippen LogP contribution in [0.5, 0.6) is 0 Å². The van der Waals surface area contributed by atoms with E-state index in [2.05, 4.69) is 14.9 Å². The fourth-order valence-electron chi connectivity index (χ4n) is 3.66. The standard InChI is InChI=1S/C19H25N5O2/c1-22-16(9-20-10-19(22)26)12-23-6-4-14(5-7-23)11-24-13-21-17(8-18(24)25)15-2-3-15/h8-10,13-15H,2-7,11-12H2,1H3. The van der Waals surface area contributed by atoms with Gasteiger partial charge in [-0.2, -0.15) is 0 Å². The van der Waals surface area contributed by atoms with E-state index in [-0.39, 0.29) is 11.1 Å². The van der Waals surface area contributed by atoms with E-state index in [1.165, 1.54) is 6.20 Å². The largest absolute Gasteiger partial charge is 0.312 e. The molecule has 1 aliphatic heterocycles. The maximum Gasteiger partial charge on any atom is 0.268 e. The molecule has 0 unspecified atom stereocenters. The van der Waals surface area contributed by atoms with Crippen LogP contribution in [0.2, 0.25) is 0 Å². The molecule has 1 saturated heterocycles. The first-order valence-corrected chi connectivity index (χ1v) is 9.39. The predicted octanol–water partition coefficient (Wildman–Crippen LogP) is 1.13. The first kappa shape index (κ1) is 17.1. The van der Waals surface area contributed by atoms with Gasteiger partial charge in [-0.15, -0.1) is 0 Å². The third kappa shape index (κ3) is 3.77. The van der Waals surface area contributed by atoms with Crippen LogP contribution in [0, 0.1) is 5.92 Å². The Bertz CT molecular complexity index is 891. The van der Waals surface area contributed by atoms with Gasteiger partial charge in [0.2, 0.25) is 0 Å². The number of piperidine rings is 1. The van der Waals surface area contributed by atoms with Gasteiger partial charge in [0, 0.05) is 38.3 Å². The van der Waals surface area contributed by atoms with Gasteiger partial charge in [0.15, 0.2) is 0 Å². The van der Waals surface area contributed by atoms with Crippen molar-refractivity contribution in [3.63, 3.8) is 0 Å². The highest BCUT2D eigenvalue weighted by atomic mass is 16.1. The molecule has 2 aromatic rings. The number of aromatic nitrogens is 4. The summed E-state index contributed by atoms with van der Waals surface area (Å²) in [4.78, 5) is 34.8. The van der Waals surface area contributed by atoms with E-state index in [0.717, 1.165) is 63.3 Å². The minimum absolute atomic E-state index is 0.0705. The van der Waals surface area contributed by atoms with Crippen LogP contribution in [0.15, 0.2) is 34.4 Å². The Morgan fingerprint density at radius 2 is 1.85 bits per heavy atom. The van der Waals surface area contributed by atoms with E-state index >= 15 is 0 Å². The van der Waals surface area contributed by atoms with Crippen molar-refractivity contribution in [2.24, 2.45) is 13.0 Å². The molecule has 1 aliphatic carbocycles. The van der Waals surface area contributed by atoms with E-state index < -0.39 is 0 Å². The molecule has 7 heteroatoms. The number of nitrogens with zero attached hydrogens (tertiary/aromatic N) is 5. The van der Waals surface area contributed by atoms with Gasteiger partial charge in [-0.25, -0.2) is 4.98 Å². The minimum atomic E-state index is -0.0705. The Kier molecular flexibility index (Phi) is 4.72. The van der Waals surface area contributed by atoms with Crippen LogP contribution in [0.4, 0.5) is 0 Å². The molecule has 2 fully saturated rings. The molecule has 138 valence electrons. The van der Waals surface area contributed by atoms with Crippen LogP contribution in [-0.4, -0.2) is 37.1 Å². The molecule has 1 saturated carbocycles. The Morgan fingerprint density at radius 1 is 1.08 bits per heavy atom. The summed E-state index contributed by atoms with van der Waals surface area (Å²) in [5.41, 5.74) is 1.91. The van der Waals surface area contributed by atoms with Gasteiger partial charge in [0.25, 0.3) is 11.1 Å². The lowest BCUT2D eigenvalue weighted by Crippen LogP contribution is -2.37. The highest BCUT2D eigenvalue weighted by Gasteiger charge is 2.26. The summed E-state index contributed by atoms with van der Waals surface area (Å²) in [6.07, 6.45) is 9.26. The lowest BCUT2D eigenvalue weighted by molar-refractivity contribution is 0.163. The molecule has 2 aliphatic rings. The van der Waals surface area contributed by atoms with E-state index in [1.807, 2.05) is 0 Å². The molecule has 0 aromatic carbocycles. The summed E-state index contributed by atoms with van der Waals surface area (Å²) in [5.74, 6) is 1.01. The zero-order valence-electron chi connectivity index (χ0n) is 15.2. The van der Waals surface area contributed by atoms with Crippen molar-refractivity contribution in [1.29, 1.82) is 0 Å². The van der Waals surface area contributed by atoms with Gasteiger partial charge in [-0.05, 0) is 44.7 Å². The van der Waals surface area contributed by atoms with Gasteiger partial charge < -0.3 is 4.57 Å². The normalized spacial score (nSPS) is 19.0. The fraction of sp³-hybridized carbons (Fsp3) is 0.579. The Balaban J connectivity index is 1.33. The monoisotopic (exact) mass is 355 g/mol. The molecule has 26 heavy (non-hydrogen) atoms. The summed E-state index contributed by atoms with van der Waals surface area (Å²) in [7, 11) is 1.79. The maximum atomic E-state index is 12.3. The number of rotatable bonds is 5. The topological polar surface area (TPSA) is 73.0 Å². The molecule has 7 nitrogen and oxygen atoms in total. The minimum Gasteiger partial charge on any atom is -0.312 e. The first-order chi connectivity index (χ1) is 12.6. The van der Waals surface area contributed by atoms with Crippen molar-refractivity contribution < 1.29 is 0 Å². The summed E-state index contributed by atoms with van der Waals surface area (Å²) in [6.45, 7) is 3.42. The second-order valence-corrected chi connectivity index (χ2v) is 7.59. The lowest BCUT2D eigenvalue weighted by atomic mass is 9.96.